The summed E-state index contributed by atoms with van der Waals surface area (Å²) in [5.41, 5.74) is 1.63. The lowest BCUT2D eigenvalue weighted by Crippen LogP contribution is -2.42. The molecule has 1 heterocycles. The molecule has 5 nitrogen and oxygen atoms in total. The van der Waals surface area contributed by atoms with Gasteiger partial charge in [-0.2, -0.15) is 12.7 Å². The van der Waals surface area contributed by atoms with Crippen LogP contribution in [0.1, 0.15) is 26.2 Å². The van der Waals surface area contributed by atoms with Gasteiger partial charge in [-0.3, -0.25) is 4.31 Å². The number of nitrogens with one attached hydrogen (secondary N) is 1. The largest absolute Gasteiger partial charge is 0.383 e. The van der Waals surface area contributed by atoms with Gasteiger partial charge in [-0.05, 0) is 25.0 Å². The van der Waals surface area contributed by atoms with Crippen LogP contribution in [-0.2, 0) is 10.2 Å². The topological polar surface area (TPSA) is 52.7 Å². The van der Waals surface area contributed by atoms with Crippen molar-refractivity contribution >= 4 is 21.6 Å². The van der Waals surface area contributed by atoms with Crippen molar-refractivity contribution in [1.29, 1.82) is 0 Å². The first-order valence-corrected chi connectivity index (χ1v) is 8.54. The maximum absolute atomic E-state index is 12.7. The molecule has 0 bridgehead atoms. The van der Waals surface area contributed by atoms with E-state index in [2.05, 4.69) is 12.2 Å². The van der Waals surface area contributed by atoms with Gasteiger partial charge in [0.15, 0.2) is 0 Å². The van der Waals surface area contributed by atoms with Crippen LogP contribution in [0.3, 0.4) is 0 Å². The Morgan fingerprint density at radius 3 is 2.85 bits per heavy atom. The van der Waals surface area contributed by atoms with E-state index in [1.54, 1.807) is 7.05 Å². The summed E-state index contributed by atoms with van der Waals surface area (Å²) in [5.74, 6) is 0. The summed E-state index contributed by atoms with van der Waals surface area (Å²) in [6.07, 6.45) is 2.66. The van der Waals surface area contributed by atoms with Crippen LogP contribution in [0.2, 0.25) is 0 Å². The molecule has 0 amide bonds. The fourth-order valence-corrected chi connectivity index (χ4v) is 3.77. The van der Waals surface area contributed by atoms with E-state index < -0.39 is 10.2 Å². The van der Waals surface area contributed by atoms with E-state index >= 15 is 0 Å². The second-order valence-electron chi connectivity index (χ2n) is 5.05. The number of hydrogen-bond donors (Lipinski definition) is 1. The van der Waals surface area contributed by atoms with E-state index in [0.29, 0.717) is 13.1 Å². The van der Waals surface area contributed by atoms with Crippen molar-refractivity contribution < 1.29 is 8.42 Å². The molecule has 1 aliphatic rings. The van der Waals surface area contributed by atoms with Gasteiger partial charge in [0.1, 0.15) is 0 Å². The summed E-state index contributed by atoms with van der Waals surface area (Å²) in [6, 6.07) is 7.58. The Hall–Kier alpha value is -1.27. The third-order valence-corrected chi connectivity index (χ3v) is 5.43. The molecule has 112 valence electrons. The second kappa shape index (κ2) is 6.45. The minimum Gasteiger partial charge on any atom is -0.383 e. The Balaban J connectivity index is 2.31. The average molecular weight is 297 g/mol. The van der Waals surface area contributed by atoms with Gasteiger partial charge in [0.25, 0.3) is 0 Å². The highest BCUT2D eigenvalue weighted by Gasteiger charge is 2.29. The van der Waals surface area contributed by atoms with Crippen molar-refractivity contribution in [3.63, 3.8) is 0 Å². The summed E-state index contributed by atoms with van der Waals surface area (Å²) in [4.78, 5) is 0. The zero-order valence-corrected chi connectivity index (χ0v) is 13.0. The van der Waals surface area contributed by atoms with Gasteiger partial charge in [-0.1, -0.05) is 25.5 Å². The number of hydrogen-bond acceptors (Lipinski definition) is 3. The monoisotopic (exact) mass is 297 g/mol. The van der Waals surface area contributed by atoms with E-state index in [1.807, 2.05) is 24.3 Å². The summed E-state index contributed by atoms with van der Waals surface area (Å²) >= 11 is 0. The molecule has 20 heavy (non-hydrogen) atoms. The number of nitrogens with zero attached hydrogens (tertiary/aromatic N) is 2. The zero-order valence-electron chi connectivity index (χ0n) is 12.2. The first kappa shape index (κ1) is 15.1. The third kappa shape index (κ3) is 3.07. The molecular weight excluding hydrogens is 274 g/mol. The number of para-hydroxylation sites is 2. The van der Waals surface area contributed by atoms with Gasteiger partial charge in [-0.15, -0.1) is 0 Å². The van der Waals surface area contributed by atoms with Crippen molar-refractivity contribution in [3.8, 4) is 0 Å². The molecule has 6 heteroatoms. The van der Waals surface area contributed by atoms with E-state index in [4.69, 9.17) is 0 Å². The smallest absolute Gasteiger partial charge is 0.303 e. The van der Waals surface area contributed by atoms with Crippen molar-refractivity contribution in [2.45, 2.75) is 26.2 Å². The molecule has 0 aliphatic carbocycles. The predicted octanol–water partition coefficient (Wildman–Crippen LogP) is 2.29. The van der Waals surface area contributed by atoms with Crippen molar-refractivity contribution in [3.05, 3.63) is 24.3 Å². The molecule has 1 aliphatic heterocycles. The van der Waals surface area contributed by atoms with Gasteiger partial charge in [-0.25, -0.2) is 0 Å². The summed E-state index contributed by atoms with van der Waals surface area (Å²) < 4.78 is 28.4. The van der Waals surface area contributed by atoms with Crippen LogP contribution in [0.25, 0.3) is 0 Å². The molecule has 0 spiro atoms. The summed E-state index contributed by atoms with van der Waals surface area (Å²) in [7, 11) is -1.79. The zero-order chi connectivity index (χ0) is 14.6. The minimum atomic E-state index is -3.44. The maximum atomic E-state index is 12.7. The highest BCUT2D eigenvalue weighted by Crippen LogP contribution is 2.30. The predicted molar refractivity (Wildman–Crippen MR) is 83.4 cm³/mol. The van der Waals surface area contributed by atoms with Crippen LogP contribution >= 0.6 is 0 Å². The van der Waals surface area contributed by atoms with E-state index in [0.717, 1.165) is 37.2 Å². The first-order valence-electron chi connectivity index (χ1n) is 7.14. The summed E-state index contributed by atoms with van der Waals surface area (Å²) in [6.45, 7) is 3.93. The van der Waals surface area contributed by atoms with Crippen LogP contribution in [0.5, 0.6) is 0 Å². The molecule has 1 N–H and O–H groups in total. The Morgan fingerprint density at radius 2 is 2.10 bits per heavy atom. The molecule has 0 atom stereocenters. The van der Waals surface area contributed by atoms with Gasteiger partial charge >= 0.3 is 10.2 Å². The lowest BCUT2D eigenvalue weighted by atomic mass is 10.2. The molecular formula is C14H23N3O2S. The quantitative estimate of drug-likeness (QED) is 0.907. The van der Waals surface area contributed by atoms with E-state index in [1.165, 1.54) is 8.61 Å². The minimum absolute atomic E-state index is 0.517. The SMILES string of the molecule is CCCCN(C)S(=O)(=O)N1CCCNc2ccccc21. The molecule has 0 fully saturated rings. The van der Waals surface area contributed by atoms with Crippen LogP contribution < -0.4 is 9.62 Å². The number of fused-ring (bicyclic) bond motifs is 1. The van der Waals surface area contributed by atoms with E-state index in [-0.39, 0.29) is 0 Å². The standard InChI is InChI=1S/C14H23N3O2S/c1-3-4-11-16(2)20(18,19)17-12-7-10-15-13-8-5-6-9-14(13)17/h5-6,8-9,15H,3-4,7,10-12H2,1-2H3. The first-order chi connectivity index (χ1) is 9.57. The molecule has 0 saturated carbocycles. The number of rotatable bonds is 5. The van der Waals surface area contributed by atoms with Crippen LogP contribution in [-0.4, -0.2) is 39.4 Å². The molecule has 1 aromatic rings. The molecule has 2 rings (SSSR count). The van der Waals surface area contributed by atoms with Gasteiger partial charge in [0.2, 0.25) is 0 Å². The molecule has 0 aromatic heterocycles. The van der Waals surface area contributed by atoms with Crippen LogP contribution in [0.4, 0.5) is 11.4 Å². The number of unbranched alkanes of at least 4 members (excludes halogenated alkanes) is 1. The van der Waals surface area contributed by atoms with Crippen LogP contribution in [0.15, 0.2) is 24.3 Å². The Kier molecular flexibility index (Phi) is 4.88. The van der Waals surface area contributed by atoms with Gasteiger partial charge in [0.05, 0.1) is 11.4 Å². The van der Waals surface area contributed by atoms with E-state index in [9.17, 15) is 8.42 Å². The Labute approximate surface area is 121 Å². The average Bonchev–Trinajstić information content (AvgIpc) is 2.67. The second-order valence-corrected chi connectivity index (χ2v) is 7.01. The number of benzene rings is 1. The third-order valence-electron chi connectivity index (χ3n) is 3.53. The van der Waals surface area contributed by atoms with Crippen molar-refractivity contribution in [2.75, 3.05) is 36.3 Å². The normalized spacial score (nSPS) is 15.7. The van der Waals surface area contributed by atoms with Crippen LogP contribution in [0, 0.1) is 0 Å². The lowest BCUT2D eigenvalue weighted by molar-refractivity contribution is 0.456. The molecule has 0 unspecified atom stereocenters. The van der Waals surface area contributed by atoms with Gasteiger partial charge in [0, 0.05) is 26.7 Å². The maximum Gasteiger partial charge on any atom is 0.303 e. The Bertz CT molecular complexity index is 545. The highest BCUT2D eigenvalue weighted by molar-refractivity contribution is 7.90. The molecule has 0 saturated heterocycles. The summed E-state index contributed by atoms with van der Waals surface area (Å²) in [5, 5.41) is 3.28. The van der Waals surface area contributed by atoms with Crippen molar-refractivity contribution in [1.82, 2.24) is 4.31 Å². The van der Waals surface area contributed by atoms with Gasteiger partial charge < -0.3 is 5.32 Å². The van der Waals surface area contributed by atoms with Crippen molar-refractivity contribution in [2.24, 2.45) is 0 Å². The Morgan fingerprint density at radius 1 is 1.35 bits per heavy atom. The number of anilines is 2. The fraction of sp³-hybridized carbons (Fsp3) is 0.571. The fourth-order valence-electron chi connectivity index (χ4n) is 2.31. The highest BCUT2D eigenvalue weighted by atomic mass is 32.2. The lowest BCUT2D eigenvalue weighted by Gasteiger charge is -2.28. The molecule has 0 radical (unpaired) electrons. The molecule has 1 aromatic carbocycles.